The summed E-state index contributed by atoms with van der Waals surface area (Å²) in [5.74, 6) is 0.736. The second-order valence-electron chi connectivity index (χ2n) is 2.36. The van der Waals surface area contributed by atoms with Gasteiger partial charge in [0.15, 0.2) is 5.82 Å². The quantitative estimate of drug-likeness (QED) is 0.606. The lowest BCUT2D eigenvalue weighted by Gasteiger charge is -1.97. The Morgan fingerprint density at radius 3 is 2.83 bits per heavy atom. The Morgan fingerprint density at radius 1 is 1.25 bits per heavy atom. The van der Waals surface area contributed by atoms with Crippen molar-refractivity contribution in [2.75, 3.05) is 0 Å². The lowest BCUT2D eigenvalue weighted by atomic mass is 10.4. The molecule has 0 aliphatic carbocycles. The Morgan fingerprint density at radius 2 is 2.17 bits per heavy atom. The molecule has 0 radical (unpaired) electrons. The van der Waals surface area contributed by atoms with Crippen molar-refractivity contribution in [3.8, 4) is 5.82 Å². The highest BCUT2D eigenvalue weighted by Gasteiger charge is 1.97. The maximum absolute atomic E-state index is 4.03. The molecule has 0 unspecified atom stereocenters. The predicted octanol–water partition coefficient (Wildman–Crippen LogP) is 0.366. The van der Waals surface area contributed by atoms with Crippen LogP contribution in [0.3, 0.4) is 0 Å². The zero-order valence-electron chi connectivity index (χ0n) is 6.55. The molecule has 0 spiro atoms. The molecule has 0 aliphatic rings. The topological polar surface area (TPSA) is 56.5 Å². The first-order valence-corrected chi connectivity index (χ1v) is 3.50. The summed E-state index contributed by atoms with van der Waals surface area (Å²) in [7, 11) is 0. The zero-order valence-corrected chi connectivity index (χ0v) is 6.55. The number of rotatable bonds is 1. The van der Waals surface area contributed by atoms with Gasteiger partial charge in [-0.05, 0) is 6.92 Å². The Kier molecular flexibility index (Phi) is 1.55. The Hall–Kier alpha value is -1.78. The molecule has 2 aromatic rings. The minimum atomic E-state index is 0.736. The summed E-state index contributed by atoms with van der Waals surface area (Å²) in [4.78, 5) is 11.8. The van der Waals surface area contributed by atoms with Crippen LogP contribution in [0.4, 0.5) is 0 Å². The molecule has 5 nitrogen and oxygen atoms in total. The van der Waals surface area contributed by atoms with Crippen LogP contribution >= 0.6 is 0 Å². The van der Waals surface area contributed by atoms with Gasteiger partial charge in [0.1, 0.15) is 19.0 Å². The minimum Gasteiger partial charge on any atom is -0.242 e. The van der Waals surface area contributed by atoms with Crippen molar-refractivity contribution in [1.29, 1.82) is 0 Å². The number of nitrogens with zero attached hydrogens (tertiary/aromatic N) is 5. The van der Waals surface area contributed by atoms with E-state index >= 15 is 0 Å². The van der Waals surface area contributed by atoms with Gasteiger partial charge in [0.2, 0.25) is 0 Å². The second kappa shape index (κ2) is 2.69. The van der Waals surface area contributed by atoms with Gasteiger partial charge in [-0.2, -0.15) is 5.10 Å². The molecule has 0 bridgehead atoms. The number of hydrogen-bond acceptors (Lipinski definition) is 4. The average Bonchev–Trinajstić information content (AvgIpc) is 2.56. The molecule has 12 heavy (non-hydrogen) atoms. The first-order chi connectivity index (χ1) is 5.86. The molecule has 2 heterocycles. The fourth-order valence-corrected chi connectivity index (χ4v) is 0.892. The van der Waals surface area contributed by atoms with E-state index in [1.165, 1.54) is 12.7 Å². The van der Waals surface area contributed by atoms with Gasteiger partial charge in [0.05, 0.1) is 0 Å². The van der Waals surface area contributed by atoms with Crippen molar-refractivity contribution < 1.29 is 0 Å². The molecule has 0 saturated heterocycles. The minimum absolute atomic E-state index is 0.736. The molecule has 0 amide bonds. The summed E-state index contributed by atoms with van der Waals surface area (Å²) in [6.45, 7) is 1.90. The lowest BCUT2D eigenvalue weighted by molar-refractivity contribution is 0.833. The summed E-state index contributed by atoms with van der Waals surface area (Å²) < 4.78 is 1.59. The zero-order chi connectivity index (χ0) is 8.39. The van der Waals surface area contributed by atoms with E-state index in [1.807, 2.05) is 13.0 Å². The third-order valence-corrected chi connectivity index (χ3v) is 1.44. The van der Waals surface area contributed by atoms with E-state index in [0.29, 0.717) is 0 Å². The first kappa shape index (κ1) is 6.90. The Balaban J connectivity index is 2.48. The summed E-state index contributed by atoms with van der Waals surface area (Å²) in [5, 5.41) is 3.94. The standard InChI is InChI=1S/C7H7N5/c1-6-2-7(10-4-9-6)12-5-8-3-11-12/h2-5H,1H3. The largest absolute Gasteiger partial charge is 0.242 e. The fourth-order valence-electron chi connectivity index (χ4n) is 0.892. The highest BCUT2D eigenvalue weighted by molar-refractivity contribution is 5.20. The van der Waals surface area contributed by atoms with E-state index in [-0.39, 0.29) is 0 Å². The number of aryl methyl sites for hydroxylation is 1. The van der Waals surface area contributed by atoms with Gasteiger partial charge in [-0.3, -0.25) is 0 Å². The van der Waals surface area contributed by atoms with Gasteiger partial charge in [0, 0.05) is 11.8 Å². The highest BCUT2D eigenvalue weighted by atomic mass is 15.3. The lowest BCUT2D eigenvalue weighted by Crippen LogP contribution is -1.98. The van der Waals surface area contributed by atoms with Crippen LogP contribution in [0.5, 0.6) is 0 Å². The molecule has 2 rings (SSSR count). The van der Waals surface area contributed by atoms with E-state index in [4.69, 9.17) is 0 Å². The van der Waals surface area contributed by atoms with E-state index in [9.17, 15) is 0 Å². The van der Waals surface area contributed by atoms with Crippen molar-refractivity contribution in [2.24, 2.45) is 0 Å². The van der Waals surface area contributed by atoms with Crippen LogP contribution in [0.25, 0.3) is 5.82 Å². The van der Waals surface area contributed by atoms with Crippen molar-refractivity contribution in [1.82, 2.24) is 24.7 Å². The summed E-state index contributed by atoms with van der Waals surface area (Å²) in [6, 6.07) is 1.84. The first-order valence-electron chi connectivity index (χ1n) is 3.50. The summed E-state index contributed by atoms with van der Waals surface area (Å²) >= 11 is 0. The van der Waals surface area contributed by atoms with Crippen LogP contribution in [0.15, 0.2) is 25.0 Å². The molecular formula is C7H7N5. The summed E-state index contributed by atoms with van der Waals surface area (Å²) in [6.07, 6.45) is 4.57. The molecule has 60 valence electrons. The van der Waals surface area contributed by atoms with Crippen molar-refractivity contribution in [2.45, 2.75) is 6.92 Å². The normalized spacial score (nSPS) is 10.1. The maximum Gasteiger partial charge on any atom is 0.158 e. The van der Waals surface area contributed by atoms with Crippen LogP contribution in [-0.4, -0.2) is 24.7 Å². The van der Waals surface area contributed by atoms with Gasteiger partial charge < -0.3 is 0 Å². The SMILES string of the molecule is Cc1cc(-n2cncn2)ncn1. The van der Waals surface area contributed by atoms with Gasteiger partial charge in [0.25, 0.3) is 0 Å². The molecule has 0 saturated carbocycles. The van der Waals surface area contributed by atoms with Crippen molar-refractivity contribution in [3.63, 3.8) is 0 Å². The van der Waals surface area contributed by atoms with E-state index in [0.717, 1.165) is 11.5 Å². The van der Waals surface area contributed by atoms with Crippen LogP contribution in [0.1, 0.15) is 5.69 Å². The predicted molar refractivity (Wildman–Crippen MR) is 41.7 cm³/mol. The van der Waals surface area contributed by atoms with Crippen molar-refractivity contribution >= 4 is 0 Å². The monoisotopic (exact) mass is 161 g/mol. The molecule has 0 atom stereocenters. The van der Waals surface area contributed by atoms with Crippen LogP contribution in [0.2, 0.25) is 0 Å². The smallest absolute Gasteiger partial charge is 0.158 e. The maximum atomic E-state index is 4.03. The fraction of sp³-hybridized carbons (Fsp3) is 0.143. The molecular weight excluding hydrogens is 154 g/mol. The number of aromatic nitrogens is 5. The second-order valence-corrected chi connectivity index (χ2v) is 2.36. The third-order valence-electron chi connectivity index (χ3n) is 1.44. The molecule has 5 heteroatoms. The highest BCUT2D eigenvalue weighted by Crippen LogP contribution is 2.00. The van der Waals surface area contributed by atoms with Gasteiger partial charge in [-0.1, -0.05) is 0 Å². The van der Waals surface area contributed by atoms with Crippen LogP contribution in [-0.2, 0) is 0 Å². The third kappa shape index (κ3) is 1.16. The van der Waals surface area contributed by atoms with E-state index in [1.54, 1.807) is 11.0 Å². The van der Waals surface area contributed by atoms with E-state index in [2.05, 4.69) is 20.1 Å². The molecule has 2 aromatic heterocycles. The van der Waals surface area contributed by atoms with E-state index < -0.39 is 0 Å². The van der Waals surface area contributed by atoms with Gasteiger partial charge in [-0.25, -0.2) is 19.6 Å². The Labute approximate surface area is 69.1 Å². The van der Waals surface area contributed by atoms with Gasteiger partial charge >= 0.3 is 0 Å². The average molecular weight is 161 g/mol. The molecule has 0 aromatic carbocycles. The molecule has 0 fully saturated rings. The molecule has 0 aliphatic heterocycles. The summed E-state index contributed by atoms with van der Waals surface area (Å²) in [5.41, 5.74) is 0.913. The number of hydrogen-bond donors (Lipinski definition) is 0. The Bertz CT molecular complexity index is 367. The van der Waals surface area contributed by atoms with Crippen LogP contribution in [0, 0.1) is 6.92 Å². The van der Waals surface area contributed by atoms with Crippen molar-refractivity contribution in [3.05, 3.63) is 30.7 Å². The van der Waals surface area contributed by atoms with Crippen LogP contribution < -0.4 is 0 Å². The molecule has 0 N–H and O–H groups in total. The van der Waals surface area contributed by atoms with Gasteiger partial charge in [-0.15, -0.1) is 0 Å².